The van der Waals surface area contributed by atoms with Gasteiger partial charge in [0.2, 0.25) is 0 Å². The smallest absolute Gasteiger partial charge is 0.145 e. The predicted molar refractivity (Wildman–Crippen MR) is 291 cm³/mol. The van der Waals surface area contributed by atoms with Crippen molar-refractivity contribution in [2.45, 2.75) is 38.2 Å². The second kappa shape index (κ2) is 17.1. The molecule has 0 bridgehead atoms. The molecule has 0 fully saturated rings. The Kier molecular flexibility index (Phi) is 10.8. The van der Waals surface area contributed by atoms with Gasteiger partial charge in [-0.2, -0.15) is 10.5 Å². The van der Waals surface area contributed by atoms with Crippen LogP contribution in [0.5, 0.6) is 0 Å². The van der Waals surface area contributed by atoms with Crippen LogP contribution in [0.2, 0.25) is 32.7 Å². The van der Waals surface area contributed by atoms with E-state index in [1.807, 2.05) is 42.5 Å². The lowest BCUT2D eigenvalue weighted by molar-refractivity contribution is 0.669. The molecule has 0 atom stereocenters. The van der Waals surface area contributed by atoms with E-state index >= 15 is 0 Å². The van der Waals surface area contributed by atoms with Crippen molar-refractivity contribution in [3.8, 4) is 23.3 Å². The molecule has 10 aromatic rings. The maximum atomic E-state index is 9.96. The Morgan fingerprint density at radius 1 is 0.507 bits per heavy atom. The predicted octanol–water partition coefficient (Wildman–Crippen LogP) is 14.9. The zero-order chi connectivity index (χ0) is 47.4. The van der Waals surface area contributed by atoms with Gasteiger partial charge in [0.25, 0.3) is 0 Å². The fraction of sp³-hybridized carbons (Fsp3) is 0.0968. The topological polar surface area (TPSA) is 67.2 Å². The Labute approximate surface area is 407 Å². The molecular weight excluding hydrogens is 873 g/mol. The van der Waals surface area contributed by atoms with Crippen LogP contribution in [0.15, 0.2) is 211 Å². The number of para-hydroxylation sites is 1. The van der Waals surface area contributed by atoms with Crippen LogP contribution in [0.25, 0.3) is 33.1 Å². The van der Waals surface area contributed by atoms with E-state index in [0.29, 0.717) is 11.1 Å². The van der Waals surface area contributed by atoms with Gasteiger partial charge in [-0.1, -0.05) is 152 Å². The van der Waals surface area contributed by atoms with Crippen LogP contribution in [0.4, 0.5) is 34.1 Å². The second-order valence-electron chi connectivity index (χ2n) is 19.4. The first-order valence-corrected chi connectivity index (χ1v) is 30.0. The quantitative estimate of drug-likeness (QED) is 0.128. The van der Waals surface area contributed by atoms with Crippen LogP contribution in [0, 0.1) is 22.7 Å². The number of fused-ring (bicyclic) bond motifs is 7. The SMILES string of the molecule is C[SiH](C)c1ccc(N(c2ccc(C#N)cc2)c2ccc3c(c2)C(c2ccccc2)(c2ccccc2)c2cc(N(c4ccc(C#N)cc4)c4ccc([Si](C)(C)C)cc4)c4c(oc5ccccc54)c2-3)cc1. The van der Waals surface area contributed by atoms with Crippen LogP contribution >= 0.6 is 0 Å². The first-order valence-electron chi connectivity index (χ1n) is 23.6. The third kappa shape index (κ3) is 7.27. The molecule has 0 radical (unpaired) electrons. The molecule has 5 nitrogen and oxygen atoms in total. The zero-order valence-electron chi connectivity index (χ0n) is 39.4. The number of hydrogen-bond acceptors (Lipinski definition) is 5. The van der Waals surface area contributed by atoms with Crippen molar-refractivity contribution in [2.24, 2.45) is 0 Å². The molecule has 0 aliphatic heterocycles. The fourth-order valence-corrected chi connectivity index (χ4v) is 12.6. The van der Waals surface area contributed by atoms with Crippen LogP contribution in [0.3, 0.4) is 0 Å². The minimum Gasteiger partial charge on any atom is -0.455 e. The highest BCUT2D eigenvalue weighted by Crippen LogP contribution is 2.61. The van der Waals surface area contributed by atoms with Gasteiger partial charge < -0.3 is 14.2 Å². The van der Waals surface area contributed by atoms with E-state index in [1.54, 1.807) is 0 Å². The fourth-order valence-electron chi connectivity index (χ4n) is 10.5. The molecular formula is C62H50N4OSi2. The second-order valence-corrected chi connectivity index (χ2v) is 27.4. The van der Waals surface area contributed by atoms with Crippen LogP contribution in [0.1, 0.15) is 33.4 Å². The molecule has 0 amide bonds. The number of hydrogen-bond donors (Lipinski definition) is 0. The lowest BCUT2D eigenvalue weighted by Gasteiger charge is -2.36. The van der Waals surface area contributed by atoms with Crippen molar-refractivity contribution in [1.82, 2.24) is 0 Å². The molecule has 69 heavy (non-hydrogen) atoms. The van der Waals surface area contributed by atoms with Crippen LogP contribution in [-0.4, -0.2) is 16.9 Å². The van der Waals surface area contributed by atoms with Gasteiger partial charge in [-0.3, -0.25) is 0 Å². The van der Waals surface area contributed by atoms with Crippen molar-refractivity contribution < 1.29 is 4.42 Å². The Morgan fingerprint density at radius 3 is 1.54 bits per heavy atom. The summed E-state index contributed by atoms with van der Waals surface area (Å²) < 4.78 is 7.25. The Balaban J connectivity index is 1.26. The monoisotopic (exact) mass is 922 g/mol. The van der Waals surface area contributed by atoms with Crippen LogP contribution < -0.4 is 20.2 Å². The molecule has 0 N–H and O–H groups in total. The normalized spacial score (nSPS) is 12.6. The van der Waals surface area contributed by atoms with E-state index in [1.165, 1.54) is 10.4 Å². The Morgan fingerprint density at radius 2 is 1.00 bits per heavy atom. The minimum absolute atomic E-state index is 0.604. The molecule has 0 saturated carbocycles. The molecule has 0 unspecified atom stereocenters. The zero-order valence-corrected chi connectivity index (χ0v) is 41.6. The Hall–Kier alpha value is -8.21. The summed E-state index contributed by atoms with van der Waals surface area (Å²) in [6.45, 7) is 11.9. The van der Waals surface area contributed by atoms with Gasteiger partial charge in [-0.25, -0.2) is 0 Å². The van der Waals surface area contributed by atoms with Crippen molar-refractivity contribution >= 4 is 83.3 Å². The van der Waals surface area contributed by atoms with Crippen molar-refractivity contribution in [2.75, 3.05) is 9.80 Å². The molecule has 9 aromatic carbocycles. The van der Waals surface area contributed by atoms with Crippen LogP contribution in [-0.2, 0) is 5.41 Å². The van der Waals surface area contributed by atoms with Crippen molar-refractivity contribution in [1.29, 1.82) is 10.5 Å². The summed E-state index contributed by atoms with van der Waals surface area (Å²) in [6.07, 6.45) is 0. The Bertz CT molecular complexity index is 3580. The molecule has 1 heterocycles. The molecule has 0 saturated heterocycles. The van der Waals surface area contributed by atoms with E-state index in [2.05, 4.69) is 218 Å². The van der Waals surface area contributed by atoms with Gasteiger partial charge >= 0.3 is 0 Å². The van der Waals surface area contributed by atoms with Gasteiger partial charge in [0.1, 0.15) is 11.2 Å². The van der Waals surface area contributed by atoms with Gasteiger partial charge in [-0.05, 0) is 125 Å². The molecule has 7 heteroatoms. The molecule has 0 spiro atoms. The van der Waals surface area contributed by atoms with E-state index in [-0.39, 0.29) is 0 Å². The summed E-state index contributed by atoms with van der Waals surface area (Å²) in [5.41, 5.74) is 14.7. The van der Waals surface area contributed by atoms with Crippen molar-refractivity contribution in [3.63, 3.8) is 0 Å². The number of rotatable bonds is 10. The highest BCUT2D eigenvalue weighted by atomic mass is 28.3. The molecule has 1 aliphatic carbocycles. The average Bonchev–Trinajstić information content (AvgIpc) is 3.92. The maximum absolute atomic E-state index is 9.96. The molecule has 332 valence electrons. The first kappa shape index (κ1) is 43.4. The highest BCUT2D eigenvalue weighted by Gasteiger charge is 2.49. The minimum atomic E-state index is -1.63. The number of benzene rings is 9. The van der Waals surface area contributed by atoms with Gasteiger partial charge in [-0.15, -0.1) is 0 Å². The summed E-state index contributed by atoms with van der Waals surface area (Å²) in [5.74, 6) is 0. The van der Waals surface area contributed by atoms with Gasteiger partial charge in [0.05, 0.1) is 56.6 Å². The van der Waals surface area contributed by atoms with Gasteiger partial charge in [0.15, 0.2) is 0 Å². The third-order valence-electron chi connectivity index (χ3n) is 13.9. The summed E-state index contributed by atoms with van der Waals surface area (Å²) in [7, 11) is -2.68. The number of nitriles is 2. The van der Waals surface area contributed by atoms with E-state index in [9.17, 15) is 10.5 Å². The number of furan rings is 1. The number of anilines is 6. The summed E-state index contributed by atoms with van der Waals surface area (Å²) >= 11 is 0. The largest absolute Gasteiger partial charge is 0.455 e. The standard InChI is InChI=1S/C62H50N4OSi2/c1-68(2)51-33-28-47(29-34-51)65(46-24-20-42(40-63)21-25-46)50-32-37-53-55(38-50)62(44-14-8-6-9-15-44,45-16-10-7-11-17-45)56-39-57(60-54-18-12-13-19-58(54)67-61(60)59(53)56)66(48-26-22-43(41-64)23-27-48)49-30-35-52(36-31-49)69(3,4)5/h6-39,68H,1-5H3. The lowest BCUT2D eigenvalue weighted by Crippen LogP contribution is -2.37. The first-order chi connectivity index (χ1) is 33.6. The summed E-state index contributed by atoms with van der Waals surface area (Å²) in [5, 5.41) is 24.6. The third-order valence-corrected chi connectivity index (χ3v) is 17.7. The van der Waals surface area contributed by atoms with E-state index in [0.717, 1.165) is 89.4 Å². The van der Waals surface area contributed by atoms with E-state index < -0.39 is 22.3 Å². The lowest BCUT2D eigenvalue weighted by atomic mass is 9.67. The maximum Gasteiger partial charge on any atom is 0.145 e. The average molecular weight is 923 g/mol. The molecule has 1 aliphatic rings. The summed E-state index contributed by atoms with van der Waals surface area (Å²) in [4.78, 5) is 4.67. The highest BCUT2D eigenvalue weighted by molar-refractivity contribution is 6.88. The van der Waals surface area contributed by atoms with Gasteiger partial charge in [0, 0.05) is 39.4 Å². The van der Waals surface area contributed by atoms with E-state index in [4.69, 9.17) is 4.42 Å². The molecule has 1 aromatic heterocycles. The molecule has 11 rings (SSSR count). The summed E-state index contributed by atoms with van der Waals surface area (Å²) in [6, 6.07) is 78.2. The van der Waals surface area contributed by atoms with Crippen molar-refractivity contribution in [3.05, 3.63) is 240 Å². The number of nitrogens with zero attached hydrogens (tertiary/aromatic N) is 4.